The normalized spacial score (nSPS) is 19.1. The summed E-state index contributed by atoms with van der Waals surface area (Å²) >= 11 is 0. The smallest absolute Gasteiger partial charge is 0.245 e. The third kappa shape index (κ3) is 13.0. The van der Waals surface area contributed by atoms with Gasteiger partial charge in [0.15, 0.2) is 0 Å². The van der Waals surface area contributed by atoms with Crippen LogP contribution < -0.4 is 10.6 Å². The van der Waals surface area contributed by atoms with Crippen molar-refractivity contribution in [1.82, 2.24) is 25.3 Å². The molecule has 0 unspecified atom stereocenters. The molecule has 2 aromatic carbocycles. The third-order valence-corrected chi connectivity index (χ3v) is 12.2. The Kier molecular flexibility index (Phi) is 19.3. The van der Waals surface area contributed by atoms with Crippen molar-refractivity contribution in [2.24, 2.45) is 23.7 Å². The van der Waals surface area contributed by atoms with Crippen LogP contribution in [0.2, 0.25) is 0 Å². The van der Waals surface area contributed by atoms with Crippen LogP contribution in [-0.2, 0) is 35.2 Å². The van der Waals surface area contributed by atoms with E-state index in [0.717, 1.165) is 12.0 Å². The molecule has 0 spiro atoms. The second-order valence-corrected chi connectivity index (χ2v) is 17.2. The molecule has 1 heterocycles. The minimum absolute atomic E-state index is 0.00486. The number of aromatic hydroxyl groups is 1. The molecule has 10 atom stereocenters. The lowest BCUT2D eigenvalue weighted by atomic mass is 9.89. The summed E-state index contributed by atoms with van der Waals surface area (Å²) in [4.78, 5) is 61.7. The topological polar surface area (TPSA) is 161 Å². The van der Waals surface area contributed by atoms with E-state index in [1.165, 1.54) is 0 Å². The molecule has 4 amide bonds. The summed E-state index contributed by atoms with van der Waals surface area (Å²) in [7, 11) is 6.69. The van der Waals surface area contributed by atoms with Crippen molar-refractivity contribution < 1.29 is 38.9 Å². The van der Waals surface area contributed by atoms with Crippen LogP contribution in [0.15, 0.2) is 54.6 Å². The summed E-state index contributed by atoms with van der Waals surface area (Å²) in [5.74, 6) is -1.80. The van der Waals surface area contributed by atoms with Crippen molar-refractivity contribution in [3.63, 3.8) is 0 Å². The Labute approximate surface area is 353 Å². The van der Waals surface area contributed by atoms with Crippen LogP contribution in [0, 0.1) is 23.7 Å². The predicted octanol–water partition coefficient (Wildman–Crippen LogP) is 5.15. The molecule has 0 aromatic heterocycles. The maximum atomic E-state index is 14.5. The molecule has 0 bridgehead atoms. The Hall–Kier alpha value is -4.04. The first-order valence-corrected chi connectivity index (χ1v) is 21.3. The van der Waals surface area contributed by atoms with E-state index >= 15 is 0 Å². The Balaban J connectivity index is 1.77. The molecule has 3 rings (SSSR count). The zero-order chi connectivity index (χ0) is 44.1. The van der Waals surface area contributed by atoms with E-state index < -0.39 is 48.4 Å². The predicted molar refractivity (Wildman–Crippen MR) is 230 cm³/mol. The number of likely N-dealkylation sites (N-methyl/N-ethyl adjacent to an activating group) is 2. The van der Waals surface area contributed by atoms with Crippen LogP contribution in [0.25, 0.3) is 0 Å². The van der Waals surface area contributed by atoms with Crippen LogP contribution >= 0.6 is 0 Å². The lowest BCUT2D eigenvalue weighted by molar-refractivity contribution is -0.148. The quantitative estimate of drug-likeness (QED) is 0.126. The lowest BCUT2D eigenvalue weighted by Crippen LogP contribution is -2.60. The summed E-state index contributed by atoms with van der Waals surface area (Å²) in [6.07, 6.45) is -0.0195. The number of carbonyl (C=O) groups excluding carboxylic acids is 4. The molecule has 2 aromatic rings. The van der Waals surface area contributed by atoms with Crippen molar-refractivity contribution in [1.29, 1.82) is 0 Å². The summed E-state index contributed by atoms with van der Waals surface area (Å²) < 4.78 is 12.0. The van der Waals surface area contributed by atoms with Crippen LogP contribution in [0.4, 0.5) is 0 Å². The van der Waals surface area contributed by atoms with Gasteiger partial charge < -0.3 is 40.1 Å². The fraction of sp³-hybridized carbons (Fsp3) is 0.652. The van der Waals surface area contributed by atoms with Crippen LogP contribution in [-0.4, -0.2) is 126 Å². The molecule has 13 nitrogen and oxygen atoms in total. The fourth-order valence-electron chi connectivity index (χ4n) is 8.70. The maximum Gasteiger partial charge on any atom is 0.245 e. The van der Waals surface area contributed by atoms with E-state index in [0.29, 0.717) is 31.5 Å². The van der Waals surface area contributed by atoms with Crippen LogP contribution in [0.1, 0.15) is 98.3 Å². The molecule has 0 aliphatic carbocycles. The number of hydrogen-bond donors (Lipinski definition) is 4. The highest BCUT2D eigenvalue weighted by Gasteiger charge is 2.43. The zero-order valence-corrected chi connectivity index (χ0v) is 37.6. The fourth-order valence-corrected chi connectivity index (χ4v) is 8.70. The van der Waals surface area contributed by atoms with Gasteiger partial charge in [0.05, 0.1) is 54.8 Å². The first-order valence-electron chi connectivity index (χ1n) is 21.3. The van der Waals surface area contributed by atoms with Crippen LogP contribution in [0.3, 0.4) is 0 Å². The van der Waals surface area contributed by atoms with Gasteiger partial charge in [-0.2, -0.15) is 0 Å². The van der Waals surface area contributed by atoms with Gasteiger partial charge in [-0.1, -0.05) is 97.4 Å². The number of phenols is 1. The second-order valence-electron chi connectivity index (χ2n) is 17.2. The average molecular weight is 824 g/mol. The molecule has 1 fully saturated rings. The molecule has 13 heteroatoms. The van der Waals surface area contributed by atoms with Crippen molar-refractivity contribution in [2.75, 3.05) is 34.9 Å². The van der Waals surface area contributed by atoms with Gasteiger partial charge in [-0.15, -0.1) is 0 Å². The van der Waals surface area contributed by atoms with Crippen LogP contribution in [0.5, 0.6) is 5.75 Å². The zero-order valence-electron chi connectivity index (χ0n) is 37.6. The molecule has 0 saturated carbocycles. The molecule has 4 N–H and O–H groups in total. The van der Waals surface area contributed by atoms with Gasteiger partial charge in [0.25, 0.3) is 0 Å². The molecular weight excluding hydrogens is 751 g/mol. The van der Waals surface area contributed by atoms with Crippen molar-refractivity contribution in [3.05, 3.63) is 65.7 Å². The number of aliphatic hydroxyl groups is 1. The Morgan fingerprint density at radius 1 is 0.881 bits per heavy atom. The number of methoxy groups -OCH3 is 2. The summed E-state index contributed by atoms with van der Waals surface area (Å²) in [5.41, 5.74) is 1.57. The molecular formula is C46H73N5O8. The molecule has 59 heavy (non-hydrogen) atoms. The highest BCUT2D eigenvalue weighted by atomic mass is 16.5. The Bertz CT molecular complexity index is 1640. The standard InChI is InChI=1S/C46H73N5O8/c1-13-30(6)41(50(10)46(57)39(28(2)3)48-45(56)40(29(4)5)49(9)27-33-19-17-22-35(52)25-33)37(58-11)26-38(53)51-24-18-23-36(51)43(59-12)31(7)44(55)47-32(8)42(54)34-20-15-14-16-21-34/h14-17,19-22,25,28-32,36-37,39-43,52,54H,13,18,23-24,26-27H2,1-12H3,(H,47,55)(H,48,56)/t30-,31+,32+,36-,37+,39-,40-,41-,42+,43+/m0/s1. The minimum atomic E-state index is -0.889. The molecule has 1 aliphatic rings. The number of hydrogen-bond acceptors (Lipinski definition) is 9. The molecule has 1 saturated heterocycles. The van der Waals surface area contributed by atoms with Gasteiger partial charge in [0, 0.05) is 34.4 Å². The number of nitrogens with zero attached hydrogens (tertiary/aromatic N) is 3. The van der Waals surface area contributed by atoms with E-state index in [1.54, 1.807) is 63.1 Å². The number of amides is 4. The van der Waals surface area contributed by atoms with E-state index in [-0.39, 0.29) is 59.6 Å². The van der Waals surface area contributed by atoms with E-state index in [9.17, 15) is 29.4 Å². The van der Waals surface area contributed by atoms with Gasteiger partial charge >= 0.3 is 0 Å². The largest absolute Gasteiger partial charge is 0.508 e. The van der Waals surface area contributed by atoms with Gasteiger partial charge in [0.2, 0.25) is 23.6 Å². The lowest BCUT2D eigenvalue weighted by Gasteiger charge is -2.41. The SMILES string of the molecule is CC[C@H](C)[C@@H]([C@@H](CC(=O)N1CCC[C@H]1[C@H](OC)[C@@H](C)C(=O)N[C@H](C)[C@@H](O)c1ccccc1)OC)N(C)C(=O)[C@@H](NC(=O)[C@H](C(C)C)N(C)Cc1cccc(O)c1)C(C)C. The van der Waals surface area contributed by atoms with Gasteiger partial charge in [-0.05, 0) is 67.8 Å². The number of aliphatic hydroxyl groups excluding tert-OH is 1. The highest BCUT2D eigenvalue weighted by Crippen LogP contribution is 2.30. The summed E-state index contributed by atoms with van der Waals surface area (Å²) in [6, 6.07) is 13.3. The minimum Gasteiger partial charge on any atom is -0.508 e. The van der Waals surface area contributed by atoms with Gasteiger partial charge in [0.1, 0.15) is 11.8 Å². The molecule has 330 valence electrons. The second kappa shape index (κ2) is 23.1. The van der Waals surface area contributed by atoms with Gasteiger partial charge in [-0.25, -0.2) is 0 Å². The van der Waals surface area contributed by atoms with E-state index in [4.69, 9.17) is 9.47 Å². The third-order valence-electron chi connectivity index (χ3n) is 12.2. The number of rotatable bonds is 22. The number of carbonyl (C=O) groups is 4. The number of phenolic OH excluding ortho intramolecular Hbond substituents is 1. The van der Waals surface area contributed by atoms with E-state index in [2.05, 4.69) is 10.6 Å². The van der Waals surface area contributed by atoms with Crippen molar-refractivity contribution >= 4 is 23.6 Å². The van der Waals surface area contributed by atoms with E-state index in [1.807, 2.05) is 89.9 Å². The molecule has 0 radical (unpaired) electrons. The first kappa shape index (κ1) is 49.3. The number of nitrogens with one attached hydrogen (secondary N) is 2. The first-order chi connectivity index (χ1) is 27.9. The molecule has 1 aliphatic heterocycles. The summed E-state index contributed by atoms with van der Waals surface area (Å²) in [6.45, 7) is 16.3. The van der Waals surface area contributed by atoms with Crippen molar-refractivity contribution in [3.8, 4) is 5.75 Å². The number of ether oxygens (including phenoxy) is 2. The highest BCUT2D eigenvalue weighted by molar-refractivity contribution is 5.90. The van der Waals surface area contributed by atoms with Crippen molar-refractivity contribution in [2.45, 2.75) is 136 Å². The Morgan fingerprint density at radius 2 is 1.54 bits per heavy atom. The average Bonchev–Trinajstić information content (AvgIpc) is 3.68. The van der Waals surface area contributed by atoms with Gasteiger partial charge in [-0.3, -0.25) is 24.1 Å². The number of benzene rings is 2. The monoisotopic (exact) mass is 824 g/mol. The summed E-state index contributed by atoms with van der Waals surface area (Å²) in [5, 5.41) is 26.9. The number of likely N-dealkylation sites (tertiary alicyclic amines) is 1. The Morgan fingerprint density at radius 3 is 2.10 bits per heavy atom. The maximum absolute atomic E-state index is 14.5.